The van der Waals surface area contributed by atoms with Gasteiger partial charge in [0.05, 0.1) is 25.4 Å². The van der Waals surface area contributed by atoms with E-state index in [1.807, 2.05) is 24.0 Å². The van der Waals surface area contributed by atoms with E-state index in [-0.39, 0.29) is 5.82 Å². The van der Waals surface area contributed by atoms with E-state index in [0.717, 1.165) is 63.3 Å². The van der Waals surface area contributed by atoms with Crippen LogP contribution in [0.3, 0.4) is 0 Å². The molecule has 1 aliphatic carbocycles. The number of anilines is 1. The lowest BCUT2D eigenvalue weighted by Gasteiger charge is -2.29. The Kier molecular flexibility index (Phi) is 8.36. The highest BCUT2D eigenvalue weighted by Gasteiger charge is 2.20. The summed E-state index contributed by atoms with van der Waals surface area (Å²) in [6.07, 6.45) is 3.59. The predicted octanol–water partition coefficient (Wildman–Crippen LogP) is 2.53. The van der Waals surface area contributed by atoms with Gasteiger partial charge >= 0.3 is 0 Å². The van der Waals surface area contributed by atoms with Gasteiger partial charge in [-0.25, -0.2) is 9.38 Å². The molecule has 3 rings (SSSR count). The first-order chi connectivity index (χ1) is 13.8. The van der Waals surface area contributed by atoms with Crippen molar-refractivity contribution in [2.45, 2.75) is 32.7 Å². The molecule has 6 nitrogen and oxygen atoms in total. The standard InChI is InChI=1S/C21H33FN4O2/c1-2-23-21(24-8-3-11-28-16-17-4-5-17)25-15-18-6-7-20(19(22)14-18)26-9-12-27-13-10-26/h6-7,14,17H,2-5,8-13,15-16H2,1H3,(H2,23,24,25). The second-order valence-electron chi connectivity index (χ2n) is 7.38. The molecule has 28 heavy (non-hydrogen) atoms. The van der Waals surface area contributed by atoms with Crippen molar-refractivity contribution in [1.82, 2.24) is 10.6 Å². The molecular formula is C21H33FN4O2. The molecule has 1 saturated carbocycles. The van der Waals surface area contributed by atoms with Crippen molar-refractivity contribution in [3.63, 3.8) is 0 Å². The maximum Gasteiger partial charge on any atom is 0.191 e. The summed E-state index contributed by atoms with van der Waals surface area (Å²) >= 11 is 0. The van der Waals surface area contributed by atoms with E-state index in [1.54, 1.807) is 6.07 Å². The lowest BCUT2D eigenvalue weighted by Crippen LogP contribution is -2.38. The first-order valence-electron chi connectivity index (χ1n) is 10.5. The molecule has 0 radical (unpaired) electrons. The number of morpholine rings is 1. The van der Waals surface area contributed by atoms with Gasteiger partial charge in [0.2, 0.25) is 0 Å². The number of hydrogen-bond donors (Lipinski definition) is 2. The van der Waals surface area contributed by atoms with Gasteiger partial charge < -0.3 is 25.0 Å². The molecule has 1 saturated heterocycles. The summed E-state index contributed by atoms with van der Waals surface area (Å²) in [4.78, 5) is 6.61. The third-order valence-electron chi connectivity index (χ3n) is 4.94. The summed E-state index contributed by atoms with van der Waals surface area (Å²) in [7, 11) is 0. The Morgan fingerprint density at radius 3 is 2.82 bits per heavy atom. The molecule has 0 atom stereocenters. The third-order valence-corrected chi connectivity index (χ3v) is 4.94. The number of rotatable bonds is 10. The smallest absolute Gasteiger partial charge is 0.191 e. The summed E-state index contributed by atoms with van der Waals surface area (Å²) in [6, 6.07) is 5.39. The van der Waals surface area contributed by atoms with Gasteiger partial charge in [-0.3, -0.25) is 0 Å². The zero-order chi connectivity index (χ0) is 19.6. The Morgan fingerprint density at radius 1 is 1.29 bits per heavy atom. The molecule has 156 valence electrons. The van der Waals surface area contributed by atoms with Crippen LogP contribution in [0.25, 0.3) is 0 Å². The molecule has 0 aromatic heterocycles. The van der Waals surface area contributed by atoms with Crippen molar-refractivity contribution < 1.29 is 13.9 Å². The monoisotopic (exact) mass is 392 g/mol. The molecule has 1 aromatic rings. The van der Waals surface area contributed by atoms with Crippen LogP contribution in [-0.2, 0) is 16.0 Å². The van der Waals surface area contributed by atoms with Crippen LogP contribution in [0.1, 0.15) is 31.7 Å². The minimum atomic E-state index is -0.194. The molecule has 2 aliphatic rings. The number of guanidine groups is 1. The van der Waals surface area contributed by atoms with E-state index in [2.05, 4.69) is 15.6 Å². The Morgan fingerprint density at radius 2 is 2.11 bits per heavy atom. The van der Waals surface area contributed by atoms with Crippen LogP contribution in [0.4, 0.5) is 10.1 Å². The molecule has 1 aliphatic heterocycles. The molecule has 0 amide bonds. The van der Waals surface area contributed by atoms with Gasteiger partial charge in [0.1, 0.15) is 5.82 Å². The van der Waals surface area contributed by atoms with Gasteiger partial charge in [-0.15, -0.1) is 0 Å². The highest BCUT2D eigenvalue weighted by atomic mass is 19.1. The average Bonchev–Trinajstić information content (AvgIpc) is 3.54. The number of nitrogens with one attached hydrogen (secondary N) is 2. The molecule has 7 heteroatoms. The molecule has 1 aromatic carbocycles. The first-order valence-corrected chi connectivity index (χ1v) is 10.5. The fourth-order valence-corrected chi connectivity index (χ4v) is 3.14. The SMILES string of the molecule is CCNC(=NCc1ccc(N2CCOCC2)c(F)c1)NCCCOCC1CC1. The summed E-state index contributed by atoms with van der Waals surface area (Å²) in [6.45, 7) is 8.50. The molecule has 2 N–H and O–H groups in total. The van der Waals surface area contributed by atoms with Gasteiger partial charge in [-0.05, 0) is 49.8 Å². The van der Waals surface area contributed by atoms with Crippen LogP contribution >= 0.6 is 0 Å². The average molecular weight is 393 g/mol. The van der Waals surface area contributed by atoms with Gasteiger partial charge in [0.15, 0.2) is 5.96 Å². The Hall–Kier alpha value is -1.86. The van der Waals surface area contributed by atoms with Crippen molar-refractivity contribution in [2.75, 3.05) is 57.5 Å². The van der Waals surface area contributed by atoms with E-state index in [9.17, 15) is 4.39 Å². The first kappa shape index (κ1) is 20.9. The second-order valence-corrected chi connectivity index (χ2v) is 7.38. The molecule has 0 spiro atoms. The normalized spacial score (nSPS) is 17.6. The van der Waals surface area contributed by atoms with E-state index in [0.29, 0.717) is 25.4 Å². The van der Waals surface area contributed by atoms with E-state index < -0.39 is 0 Å². The quantitative estimate of drug-likeness (QED) is 0.364. The number of nitrogens with zero attached hydrogens (tertiary/aromatic N) is 2. The minimum absolute atomic E-state index is 0.194. The maximum atomic E-state index is 14.5. The molecule has 0 unspecified atom stereocenters. The second kappa shape index (κ2) is 11.2. The fourth-order valence-electron chi connectivity index (χ4n) is 3.14. The van der Waals surface area contributed by atoms with E-state index in [1.165, 1.54) is 12.8 Å². The maximum absolute atomic E-state index is 14.5. The van der Waals surface area contributed by atoms with Gasteiger partial charge in [0.25, 0.3) is 0 Å². The van der Waals surface area contributed by atoms with Crippen molar-refractivity contribution in [3.05, 3.63) is 29.6 Å². The zero-order valence-corrected chi connectivity index (χ0v) is 16.9. The highest BCUT2D eigenvalue weighted by molar-refractivity contribution is 5.79. The number of halogens is 1. The molecule has 1 heterocycles. The van der Waals surface area contributed by atoms with Crippen LogP contribution in [0.15, 0.2) is 23.2 Å². The topological polar surface area (TPSA) is 58.1 Å². The minimum Gasteiger partial charge on any atom is -0.381 e. The zero-order valence-electron chi connectivity index (χ0n) is 16.9. The van der Waals surface area contributed by atoms with Crippen molar-refractivity contribution >= 4 is 11.6 Å². The number of aliphatic imine (C=N–C) groups is 1. The summed E-state index contributed by atoms with van der Waals surface area (Å²) in [5.74, 6) is 1.37. The predicted molar refractivity (Wildman–Crippen MR) is 110 cm³/mol. The van der Waals surface area contributed by atoms with Gasteiger partial charge in [-0.1, -0.05) is 6.07 Å². The number of benzene rings is 1. The van der Waals surface area contributed by atoms with E-state index >= 15 is 0 Å². The van der Waals surface area contributed by atoms with Crippen LogP contribution in [0, 0.1) is 11.7 Å². The largest absolute Gasteiger partial charge is 0.381 e. The Labute approximate surface area is 167 Å². The van der Waals surface area contributed by atoms with Crippen LogP contribution < -0.4 is 15.5 Å². The lowest BCUT2D eigenvalue weighted by molar-refractivity contribution is 0.122. The summed E-state index contributed by atoms with van der Waals surface area (Å²) in [5.41, 5.74) is 1.51. The Bertz CT molecular complexity index is 631. The summed E-state index contributed by atoms with van der Waals surface area (Å²) in [5, 5.41) is 6.55. The Balaban J connectivity index is 1.45. The van der Waals surface area contributed by atoms with Crippen molar-refractivity contribution in [2.24, 2.45) is 10.9 Å². The molecule has 2 fully saturated rings. The van der Waals surface area contributed by atoms with Gasteiger partial charge in [0, 0.05) is 39.4 Å². The van der Waals surface area contributed by atoms with Crippen LogP contribution in [0.5, 0.6) is 0 Å². The summed E-state index contributed by atoms with van der Waals surface area (Å²) < 4.78 is 25.5. The van der Waals surface area contributed by atoms with Crippen molar-refractivity contribution in [1.29, 1.82) is 0 Å². The third kappa shape index (κ3) is 6.95. The van der Waals surface area contributed by atoms with Crippen LogP contribution in [0.2, 0.25) is 0 Å². The number of ether oxygens (including phenoxy) is 2. The number of hydrogen-bond acceptors (Lipinski definition) is 4. The highest BCUT2D eigenvalue weighted by Crippen LogP contribution is 2.28. The van der Waals surface area contributed by atoms with Gasteiger partial charge in [-0.2, -0.15) is 0 Å². The molecular weight excluding hydrogens is 359 g/mol. The van der Waals surface area contributed by atoms with E-state index in [4.69, 9.17) is 9.47 Å². The van der Waals surface area contributed by atoms with Crippen molar-refractivity contribution in [3.8, 4) is 0 Å². The molecule has 0 bridgehead atoms. The van der Waals surface area contributed by atoms with Crippen LogP contribution in [-0.4, -0.2) is 58.6 Å². The lowest BCUT2D eigenvalue weighted by atomic mass is 10.1. The fraction of sp³-hybridized carbons (Fsp3) is 0.667.